The number of hydrogen-bond acceptors (Lipinski definition) is 3. The van der Waals surface area contributed by atoms with Crippen molar-refractivity contribution < 1.29 is 9.90 Å². The van der Waals surface area contributed by atoms with E-state index in [4.69, 9.17) is 0 Å². The average Bonchev–Trinajstić information content (AvgIpc) is 2.41. The highest BCUT2D eigenvalue weighted by molar-refractivity contribution is 5.89. The van der Waals surface area contributed by atoms with Gasteiger partial charge in [0.1, 0.15) is 0 Å². The van der Waals surface area contributed by atoms with Crippen molar-refractivity contribution in [2.75, 3.05) is 31.6 Å². The number of aliphatic hydroxyl groups is 1. The lowest BCUT2D eigenvalue weighted by atomic mass is 10.2. The number of nitrogens with zero attached hydrogens (tertiary/aromatic N) is 1. The molecule has 1 fully saturated rings. The molecule has 2 rings (SSSR count). The zero-order valence-corrected chi connectivity index (χ0v) is 10.5. The van der Waals surface area contributed by atoms with Crippen LogP contribution in [0.5, 0.6) is 0 Å². The standard InChI is InChI=1S/C13H19N3O2/c1-10-2-4-11(5-3-10)15-13(18)16-7-6-14-8-12(16)9-17/h2-5,12,14,17H,6-9H2,1H3,(H,15,18). The Morgan fingerprint density at radius 2 is 2.22 bits per heavy atom. The number of piperazine rings is 1. The van der Waals surface area contributed by atoms with Crippen LogP contribution in [0.2, 0.25) is 0 Å². The topological polar surface area (TPSA) is 64.6 Å². The van der Waals surface area contributed by atoms with E-state index in [2.05, 4.69) is 10.6 Å². The van der Waals surface area contributed by atoms with Crippen molar-refractivity contribution in [1.82, 2.24) is 10.2 Å². The molecule has 0 aliphatic carbocycles. The molecular weight excluding hydrogens is 230 g/mol. The van der Waals surface area contributed by atoms with E-state index in [0.29, 0.717) is 13.1 Å². The minimum absolute atomic E-state index is 0.0195. The predicted molar refractivity (Wildman–Crippen MR) is 70.6 cm³/mol. The van der Waals surface area contributed by atoms with E-state index in [1.807, 2.05) is 31.2 Å². The summed E-state index contributed by atoms with van der Waals surface area (Å²) >= 11 is 0. The second-order valence-electron chi connectivity index (χ2n) is 4.53. The summed E-state index contributed by atoms with van der Waals surface area (Å²) in [6.07, 6.45) is 0. The molecule has 0 bridgehead atoms. The molecule has 18 heavy (non-hydrogen) atoms. The van der Waals surface area contributed by atoms with Crippen LogP contribution < -0.4 is 10.6 Å². The van der Waals surface area contributed by atoms with E-state index >= 15 is 0 Å². The van der Waals surface area contributed by atoms with Gasteiger partial charge in [-0.2, -0.15) is 0 Å². The fourth-order valence-electron chi connectivity index (χ4n) is 2.02. The van der Waals surface area contributed by atoms with Crippen LogP contribution in [-0.2, 0) is 0 Å². The highest BCUT2D eigenvalue weighted by atomic mass is 16.3. The lowest BCUT2D eigenvalue weighted by Crippen LogP contribution is -2.56. The normalized spacial score (nSPS) is 19.7. The second kappa shape index (κ2) is 5.84. The summed E-state index contributed by atoms with van der Waals surface area (Å²) in [5.74, 6) is 0. The van der Waals surface area contributed by atoms with Gasteiger partial charge in [0.2, 0.25) is 0 Å². The van der Waals surface area contributed by atoms with Gasteiger partial charge in [-0.3, -0.25) is 0 Å². The highest BCUT2D eigenvalue weighted by Gasteiger charge is 2.25. The summed E-state index contributed by atoms with van der Waals surface area (Å²) in [6, 6.07) is 7.37. The van der Waals surface area contributed by atoms with Crippen molar-refractivity contribution in [1.29, 1.82) is 0 Å². The minimum atomic E-state index is -0.153. The Hall–Kier alpha value is -1.59. The molecular formula is C13H19N3O2. The van der Waals surface area contributed by atoms with Crippen LogP contribution in [0.15, 0.2) is 24.3 Å². The number of carbonyl (C=O) groups excluding carboxylic acids is 1. The molecule has 5 nitrogen and oxygen atoms in total. The largest absolute Gasteiger partial charge is 0.394 e. The molecule has 1 aliphatic heterocycles. The maximum atomic E-state index is 12.1. The molecule has 1 unspecified atom stereocenters. The van der Waals surface area contributed by atoms with Crippen LogP contribution in [0.3, 0.4) is 0 Å². The number of carbonyl (C=O) groups is 1. The summed E-state index contributed by atoms with van der Waals surface area (Å²) in [4.78, 5) is 13.8. The van der Waals surface area contributed by atoms with Crippen molar-refractivity contribution in [3.63, 3.8) is 0 Å². The van der Waals surface area contributed by atoms with Gasteiger partial charge in [-0.25, -0.2) is 4.79 Å². The van der Waals surface area contributed by atoms with Crippen LogP contribution in [0.4, 0.5) is 10.5 Å². The molecule has 1 aromatic rings. The van der Waals surface area contributed by atoms with Crippen molar-refractivity contribution >= 4 is 11.7 Å². The zero-order chi connectivity index (χ0) is 13.0. The van der Waals surface area contributed by atoms with Crippen LogP contribution in [0.25, 0.3) is 0 Å². The fraction of sp³-hybridized carbons (Fsp3) is 0.462. The monoisotopic (exact) mass is 249 g/mol. The van der Waals surface area contributed by atoms with Gasteiger partial charge in [0.25, 0.3) is 0 Å². The average molecular weight is 249 g/mol. The third-order valence-corrected chi connectivity index (χ3v) is 3.12. The first-order chi connectivity index (χ1) is 8.70. The number of hydrogen-bond donors (Lipinski definition) is 3. The minimum Gasteiger partial charge on any atom is -0.394 e. The Bertz CT molecular complexity index is 405. The fourth-order valence-corrected chi connectivity index (χ4v) is 2.02. The van der Waals surface area contributed by atoms with Crippen molar-refractivity contribution in [3.05, 3.63) is 29.8 Å². The lowest BCUT2D eigenvalue weighted by molar-refractivity contribution is 0.124. The molecule has 3 N–H and O–H groups in total. The number of urea groups is 1. The number of anilines is 1. The summed E-state index contributed by atoms with van der Waals surface area (Å²) in [5, 5.41) is 15.3. The smallest absolute Gasteiger partial charge is 0.322 e. The molecule has 1 heterocycles. The Morgan fingerprint density at radius 1 is 1.50 bits per heavy atom. The summed E-state index contributed by atoms with van der Waals surface area (Å²) in [6.45, 7) is 4.00. The molecule has 98 valence electrons. The number of benzene rings is 1. The summed E-state index contributed by atoms with van der Waals surface area (Å²) in [7, 11) is 0. The van der Waals surface area contributed by atoms with Gasteiger partial charge >= 0.3 is 6.03 Å². The van der Waals surface area contributed by atoms with Gasteiger partial charge in [0.15, 0.2) is 0 Å². The Kier molecular flexibility index (Phi) is 4.17. The maximum Gasteiger partial charge on any atom is 0.322 e. The molecule has 1 aliphatic rings. The highest BCUT2D eigenvalue weighted by Crippen LogP contribution is 2.11. The third kappa shape index (κ3) is 3.00. The molecule has 5 heteroatoms. The number of aliphatic hydroxyl groups excluding tert-OH is 1. The van der Waals surface area contributed by atoms with E-state index in [1.165, 1.54) is 0 Å². The Labute approximate surface area is 107 Å². The summed E-state index contributed by atoms with van der Waals surface area (Å²) < 4.78 is 0. The van der Waals surface area contributed by atoms with Crippen LogP contribution in [0, 0.1) is 6.92 Å². The van der Waals surface area contributed by atoms with Crippen molar-refractivity contribution in [2.45, 2.75) is 13.0 Å². The van der Waals surface area contributed by atoms with Crippen LogP contribution in [-0.4, -0.2) is 48.3 Å². The van der Waals surface area contributed by atoms with E-state index in [-0.39, 0.29) is 18.7 Å². The quantitative estimate of drug-likeness (QED) is 0.726. The molecule has 0 aromatic heterocycles. The van der Waals surface area contributed by atoms with Crippen molar-refractivity contribution in [2.24, 2.45) is 0 Å². The van der Waals surface area contributed by atoms with E-state index in [9.17, 15) is 9.90 Å². The Morgan fingerprint density at radius 3 is 2.89 bits per heavy atom. The molecule has 0 spiro atoms. The number of aryl methyl sites for hydroxylation is 1. The summed E-state index contributed by atoms with van der Waals surface area (Å²) in [5.41, 5.74) is 1.93. The first-order valence-electron chi connectivity index (χ1n) is 6.16. The van der Waals surface area contributed by atoms with E-state index in [0.717, 1.165) is 17.8 Å². The maximum absolute atomic E-state index is 12.1. The number of rotatable bonds is 2. The van der Waals surface area contributed by atoms with E-state index < -0.39 is 0 Å². The molecule has 1 aromatic carbocycles. The first-order valence-corrected chi connectivity index (χ1v) is 6.16. The molecule has 1 saturated heterocycles. The zero-order valence-electron chi connectivity index (χ0n) is 10.5. The number of nitrogens with one attached hydrogen (secondary N) is 2. The molecule has 0 saturated carbocycles. The van der Waals surface area contributed by atoms with Gasteiger partial charge < -0.3 is 20.6 Å². The molecule has 2 amide bonds. The molecule has 1 atom stereocenters. The van der Waals surface area contributed by atoms with E-state index in [1.54, 1.807) is 4.90 Å². The number of amides is 2. The van der Waals surface area contributed by atoms with Gasteiger partial charge in [0, 0.05) is 25.3 Å². The second-order valence-corrected chi connectivity index (χ2v) is 4.53. The Balaban J connectivity index is 2.00. The van der Waals surface area contributed by atoms with Gasteiger partial charge in [0.05, 0.1) is 12.6 Å². The first kappa shape index (κ1) is 12.9. The lowest BCUT2D eigenvalue weighted by Gasteiger charge is -2.35. The third-order valence-electron chi connectivity index (χ3n) is 3.12. The van der Waals surface area contributed by atoms with Crippen LogP contribution in [0.1, 0.15) is 5.56 Å². The van der Waals surface area contributed by atoms with Gasteiger partial charge in [-0.1, -0.05) is 17.7 Å². The van der Waals surface area contributed by atoms with Crippen LogP contribution >= 0.6 is 0 Å². The molecule has 0 radical (unpaired) electrons. The predicted octanol–water partition coefficient (Wildman–Crippen LogP) is 0.793. The van der Waals surface area contributed by atoms with Gasteiger partial charge in [-0.15, -0.1) is 0 Å². The van der Waals surface area contributed by atoms with Crippen molar-refractivity contribution in [3.8, 4) is 0 Å². The SMILES string of the molecule is Cc1ccc(NC(=O)N2CCNCC2CO)cc1. The van der Waals surface area contributed by atoms with Gasteiger partial charge in [-0.05, 0) is 19.1 Å².